The fourth-order valence-corrected chi connectivity index (χ4v) is 2.12. The Balaban J connectivity index is 2.94. The standard InChI is InChI=1S/C14H22ClNO/c1-11(10-16(3)4)14(2,15)12-7-6-8-13(9-12)17-5/h6-9,11H,10H2,1-5H3/t11-,14-/m1/s1. The molecule has 0 aliphatic heterocycles. The van der Waals surface area contributed by atoms with Gasteiger partial charge in [-0.05, 0) is 44.6 Å². The van der Waals surface area contributed by atoms with Crippen molar-refractivity contribution in [1.82, 2.24) is 4.90 Å². The molecular weight excluding hydrogens is 234 g/mol. The Hall–Kier alpha value is -0.730. The fourth-order valence-electron chi connectivity index (χ4n) is 1.93. The quantitative estimate of drug-likeness (QED) is 0.749. The van der Waals surface area contributed by atoms with Gasteiger partial charge in [-0.2, -0.15) is 0 Å². The first kappa shape index (κ1) is 14.3. The van der Waals surface area contributed by atoms with E-state index >= 15 is 0 Å². The summed E-state index contributed by atoms with van der Waals surface area (Å²) >= 11 is 6.70. The smallest absolute Gasteiger partial charge is 0.119 e. The molecule has 0 unspecified atom stereocenters. The van der Waals surface area contributed by atoms with Crippen LogP contribution in [0.4, 0.5) is 0 Å². The highest BCUT2D eigenvalue weighted by molar-refractivity contribution is 6.24. The Labute approximate surface area is 110 Å². The number of halogens is 1. The molecule has 2 nitrogen and oxygen atoms in total. The van der Waals surface area contributed by atoms with E-state index in [1.807, 2.05) is 18.2 Å². The Morgan fingerprint density at radius 3 is 2.59 bits per heavy atom. The van der Waals surface area contributed by atoms with Crippen LogP contribution in [0.2, 0.25) is 0 Å². The van der Waals surface area contributed by atoms with Gasteiger partial charge in [0, 0.05) is 6.54 Å². The van der Waals surface area contributed by atoms with E-state index in [0.717, 1.165) is 17.9 Å². The number of ether oxygens (including phenoxy) is 1. The molecule has 0 fully saturated rings. The summed E-state index contributed by atoms with van der Waals surface area (Å²) in [4.78, 5) is 1.78. The molecule has 0 amide bonds. The predicted molar refractivity (Wildman–Crippen MR) is 73.9 cm³/mol. The lowest BCUT2D eigenvalue weighted by Crippen LogP contribution is -2.32. The van der Waals surface area contributed by atoms with Crippen LogP contribution in [0.3, 0.4) is 0 Å². The summed E-state index contributed by atoms with van der Waals surface area (Å²) in [5, 5.41) is 0. The van der Waals surface area contributed by atoms with E-state index in [9.17, 15) is 0 Å². The van der Waals surface area contributed by atoms with E-state index in [2.05, 4.69) is 38.9 Å². The van der Waals surface area contributed by atoms with Crippen LogP contribution >= 0.6 is 11.6 Å². The van der Waals surface area contributed by atoms with Gasteiger partial charge in [0.2, 0.25) is 0 Å². The first-order chi connectivity index (χ1) is 7.87. The number of hydrogen-bond acceptors (Lipinski definition) is 2. The molecule has 0 bridgehead atoms. The molecule has 3 heteroatoms. The Morgan fingerprint density at radius 2 is 2.06 bits per heavy atom. The van der Waals surface area contributed by atoms with E-state index < -0.39 is 0 Å². The summed E-state index contributed by atoms with van der Waals surface area (Å²) in [5.74, 6) is 1.21. The van der Waals surface area contributed by atoms with Crippen LogP contribution in [0.5, 0.6) is 5.75 Å². The van der Waals surface area contributed by atoms with Crippen molar-refractivity contribution in [2.75, 3.05) is 27.7 Å². The number of hydrogen-bond donors (Lipinski definition) is 0. The first-order valence-corrected chi connectivity index (χ1v) is 6.24. The fraction of sp³-hybridized carbons (Fsp3) is 0.571. The zero-order chi connectivity index (χ0) is 13.1. The number of benzene rings is 1. The van der Waals surface area contributed by atoms with Crippen molar-refractivity contribution in [2.24, 2.45) is 5.92 Å². The second-order valence-corrected chi connectivity index (χ2v) is 5.76. The van der Waals surface area contributed by atoms with Crippen molar-refractivity contribution >= 4 is 11.6 Å². The summed E-state index contributed by atoms with van der Waals surface area (Å²) in [5.41, 5.74) is 1.10. The van der Waals surface area contributed by atoms with E-state index in [4.69, 9.17) is 16.3 Å². The molecule has 0 saturated heterocycles. The maximum absolute atomic E-state index is 6.70. The highest BCUT2D eigenvalue weighted by Crippen LogP contribution is 2.37. The van der Waals surface area contributed by atoms with Crippen molar-refractivity contribution < 1.29 is 4.74 Å². The summed E-state index contributed by atoms with van der Waals surface area (Å²) in [6.07, 6.45) is 0. The molecule has 0 spiro atoms. The summed E-state index contributed by atoms with van der Waals surface area (Å²) in [6.45, 7) is 5.20. The van der Waals surface area contributed by atoms with E-state index in [0.29, 0.717) is 5.92 Å². The Kier molecular flexibility index (Phi) is 4.84. The topological polar surface area (TPSA) is 12.5 Å². The maximum Gasteiger partial charge on any atom is 0.119 e. The summed E-state index contributed by atoms with van der Waals surface area (Å²) in [7, 11) is 5.80. The van der Waals surface area contributed by atoms with Gasteiger partial charge in [-0.1, -0.05) is 19.1 Å². The van der Waals surface area contributed by atoms with Crippen LogP contribution in [0.25, 0.3) is 0 Å². The minimum atomic E-state index is -0.376. The van der Waals surface area contributed by atoms with Crippen LogP contribution in [-0.4, -0.2) is 32.6 Å². The van der Waals surface area contributed by atoms with Gasteiger partial charge >= 0.3 is 0 Å². The van der Waals surface area contributed by atoms with E-state index in [-0.39, 0.29) is 4.87 Å². The van der Waals surface area contributed by atoms with Gasteiger partial charge in [-0.15, -0.1) is 11.6 Å². The number of methoxy groups -OCH3 is 1. The van der Waals surface area contributed by atoms with Gasteiger partial charge in [-0.3, -0.25) is 0 Å². The molecule has 1 rings (SSSR count). The lowest BCUT2D eigenvalue weighted by atomic mass is 9.87. The third kappa shape index (κ3) is 3.62. The van der Waals surface area contributed by atoms with Gasteiger partial charge in [0.05, 0.1) is 12.0 Å². The largest absolute Gasteiger partial charge is 0.497 e. The number of alkyl halides is 1. The Morgan fingerprint density at radius 1 is 1.41 bits per heavy atom. The van der Waals surface area contributed by atoms with Crippen LogP contribution in [-0.2, 0) is 4.87 Å². The first-order valence-electron chi connectivity index (χ1n) is 5.86. The zero-order valence-corrected chi connectivity index (χ0v) is 12.1. The molecule has 17 heavy (non-hydrogen) atoms. The van der Waals surface area contributed by atoms with Crippen molar-refractivity contribution in [1.29, 1.82) is 0 Å². The van der Waals surface area contributed by atoms with Crippen LogP contribution in [0.1, 0.15) is 19.4 Å². The molecule has 0 saturated carbocycles. The van der Waals surface area contributed by atoms with Crippen molar-refractivity contribution in [3.05, 3.63) is 29.8 Å². The molecule has 0 radical (unpaired) electrons. The van der Waals surface area contributed by atoms with Gasteiger partial charge in [0.15, 0.2) is 0 Å². The van der Waals surface area contributed by atoms with Gasteiger partial charge in [0.1, 0.15) is 5.75 Å². The van der Waals surface area contributed by atoms with Gasteiger partial charge < -0.3 is 9.64 Å². The lowest BCUT2D eigenvalue weighted by Gasteiger charge is -2.32. The molecule has 1 aromatic rings. The third-order valence-corrected chi connectivity index (χ3v) is 3.79. The highest BCUT2D eigenvalue weighted by Gasteiger charge is 2.31. The minimum Gasteiger partial charge on any atom is -0.497 e. The highest BCUT2D eigenvalue weighted by atomic mass is 35.5. The summed E-state index contributed by atoms with van der Waals surface area (Å²) in [6, 6.07) is 7.99. The minimum absolute atomic E-state index is 0.353. The summed E-state index contributed by atoms with van der Waals surface area (Å²) < 4.78 is 5.24. The predicted octanol–water partition coefficient (Wildman–Crippen LogP) is 3.35. The molecule has 0 aromatic heterocycles. The molecule has 0 aliphatic rings. The average molecular weight is 256 g/mol. The maximum atomic E-state index is 6.70. The molecule has 96 valence electrons. The van der Waals surface area contributed by atoms with Crippen LogP contribution in [0, 0.1) is 5.92 Å². The normalized spacial score (nSPS) is 16.6. The molecule has 1 aromatic carbocycles. The number of nitrogens with zero attached hydrogens (tertiary/aromatic N) is 1. The van der Waals surface area contributed by atoms with E-state index in [1.165, 1.54) is 0 Å². The molecular formula is C14H22ClNO. The van der Waals surface area contributed by atoms with Crippen LogP contribution in [0.15, 0.2) is 24.3 Å². The van der Waals surface area contributed by atoms with Gasteiger partial charge in [-0.25, -0.2) is 0 Å². The monoisotopic (exact) mass is 255 g/mol. The third-order valence-electron chi connectivity index (χ3n) is 3.20. The molecule has 0 N–H and O–H groups in total. The van der Waals surface area contributed by atoms with Crippen LogP contribution < -0.4 is 4.74 Å². The molecule has 0 aliphatic carbocycles. The van der Waals surface area contributed by atoms with Gasteiger partial charge in [0.25, 0.3) is 0 Å². The molecule has 0 heterocycles. The lowest BCUT2D eigenvalue weighted by molar-refractivity contribution is 0.293. The molecule has 2 atom stereocenters. The SMILES string of the molecule is COc1cccc([C@](C)(Cl)[C@H](C)CN(C)C)c1. The second kappa shape index (κ2) is 5.74. The average Bonchev–Trinajstić information content (AvgIpc) is 2.28. The van der Waals surface area contributed by atoms with E-state index in [1.54, 1.807) is 7.11 Å². The second-order valence-electron chi connectivity index (χ2n) is 4.97. The van der Waals surface area contributed by atoms with Crippen molar-refractivity contribution in [3.8, 4) is 5.75 Å². The van der Waals surface area contributed by atoms with Crippen molar-refractivity contribution in [3.63, 3.8) is 0 Å². The van der Waals surface area contributed by atoms with Crippen molar-refractivity contribution in [2.45, 2.75) is 18.7 Å². The Bertz CT molecular complexity index is 363. The zero-order valence-electron chi connectivity index (χ0n) is 11.3. The number of rotatable bonds is 5.